The van der Waals surface area contributed by atoms with E-state index in [1.165, 1.54) is 12.5 Å². The normalized spacial score (nSPS) is 14.0. The van der Waals surface area contributed by atoms with Crippen LogP contribution in [0.1, 0.15) is 37.9 Å². The van der Waals surface area contributed by atoms with Crippen LogP contribution in [0.2, 0.25) is 0 Å². The zero-order valence-corrected chi connectivity index (χ0v) is 24.2. The Bertz CT molecular complexity index is 1410. The molecule has 12 N–H and O–H groups in total. The molecule has 0 saturated carbocycles. The number of hydrogen-bond acceptors (Lipinski definition) is 7. The third kappa shape index (κ3) is 9.56. The molecule has 3 amide bonds. The molecule has 2 aromatic heterocycles. The first-order chi connectivity index (χ1) is 20.5. The SMILES string of the molecule is CC(C)C(NC(=O)C(CCCN=C(N)N)NC(=O)C(N)Cc1c[nH]c2ccccc12)C(=O)NC(Cc1cnc[nH]1)C(=O)O. The number of aromatic amines is 2. The number of aliphatic imine (C=N–C) groups is 1. The number of guanidine groups is 1. The molecule has 15 heteroatoms. The van der Waals surface area contributed by atoms with Crippen LogP contribution in [0.4, 0.5) is 0 Å². The van der Waals surface area contributed by atoms with Crippen LogP contribution in [0.25, 0.3) is 10.9 Å². The molecule has 1 aromatic carbocycles. The van der Waals surface area contributed by atoms with Gasteiger partial charge in [0.2, 0.25) is 17.7 Å². The van der Waals surface area contributed by atoms with E-state index in [1.807, 2.05) is 24.3 Å². The molecule has 0 aliphatic carbocycles. The lowest BCUT2D eigenvalue weighted by Crippen LogP contribution is -2.58. The maximum absolute atomic E-state index is 13.5. The zero-order chi connectivity index (χ0) is 31.5. The van der Waals surface area contributed by atoms with Gasteiger partial charge in [0, 0.05) is 42.0 Å². The summed E-state index contributed by atoms with van der Waals surface area (Å²) in [5, 5.41) is 18.4. The minimum atomic E-state index is -1.26. The summed E-state index contributed by atoms with van der Waals surface area (Å²) >= 11 is 0. The van der Waals surface area contributed by atoms with Gasteiger partial charge in [-0.15, -0.1) is 0 Å². The van der Waals surface area contributed by atoms with Crippen LogP contribution in [-0.4, -0.2) is 80.4 Å². The maximum Gasteiger partial charge on any atom is 0.326 e. The van der Waals surface area contributed by atoms with E-state index in [4.69, 9.17) is 17.2 Å². The van der Waals surface area contributed by atoms with Crippen LogP contribution in [0.15, 0.2) is 48.0 Å². The molecule has 3 rings (SSSR count). The van der Waals surface area contributed by atoms with Gasteiger partial charge in [-0.05, 0) is 36.8 Å². The predicted molar refractivity (Wildman–Crippen MR) is 160 cm³/mol. The van der Waals surface area contributed by atoms with Crippen molar-refractivity contribution in [2.24, 2.45) is 28.1 Å². The van der Waals surface area contributed by atoms with Gasteiger partial charge in [0.15, 0.2) is 5.96 Å². The summed E-state index contributed by atoms with van der Waals surface area (Å²) in [6.45, 7) is 3.63. The highest BCUT2D eigenvalue weighted by molar-refractivity contribution is 5.94. The van der Waals surface area contributed by atoms with Crippen LogP contribution in [0, 0.1) is 5.92 Å². The molecule has 0 spiro atoms. The molecule has 0 saturated heterocycles. The highest BCUT2D eigenvalue weighted by atomic mass is 16.4. The molecule has 0 aliphatic heterocycles. The van der Waals surface area contributed by atoms with Crippen LogP contribution < -0.4 is 33.2 Å². The second-order valence-electron chi connectivity index (χ2n) is 10.6. The molecule has 3 aromatic rings. The second kappa shape index (κ2) is 15.3. The average Bonchev–Trinajstić information content (AvgIpc) is 3.62. The molecule has 2 heterocycles. The Kier molecular flexibility index (Phi) is 11.6. The predicted octanol–water partition coefficient (Wildman–Crippen LogP) is -0.748. The lowest BCUT2D eigenvalue weighted by atomic mass is 10.0. The first-order valence-corrected chi connectivity index (χ1v) is 13.9. The van der Waals surface area contributed by atoms with Crippen molar-refractivity contribution in [2.75, 3.05) is 6.54 Å². The van der Waals surface area contributed by atoms with Crippen LogP contribution in [0.3, 0.4) is 0 Å². The van der Waals surface area contributed by atoms with Crippen molar-refractivity contribution in [3.8, 4) is 0 Å². The monoisotopic (exact) mass is 596 g/mol. The van der Waals surface area contributed by atoms with E-state index in [1.54, 1.807) is 20.0 Å². The largest absolute Gasteiger partial charge is 0.480 e. The van der Waals surface area contributed by atoms with Crippen molar-refractivity contribution in [3.05, 3.63) is 54.2 Å². The standard InChI is InChI=1S/C28H40N10O5/c1-15(2)23(26(41)37-22(27(42)43)11-17-13-32-14-35-17)38-25(40)21(8-5-9-33-28(30)31)36-24(39)19(29)10-16-12-34-20-7-4-3-6-18(16)20/h3-4,6-7,12-15,19,21-23,34H,5,8-11,29H2,1-2H3,(H,32,35)(H,36,39)(H,37,41)(H,38,40)(H,42,43)(H4,30,31,33). The number of fused-ring (bicyclic) bond motifs is 1. The number of aromatic nitrogens is 3. The summed E-state index contributed by atoms with van der Waals surface area (Å²) in [5.41, 5.74) is 19.3. The fraction of sp³-hybridized carbons (Fsp3) is 0.429. The van der Waals surface area contributed by atoms with Gasteiger partial charge < -0.3 is 48.2 Å². The smallest absolute Gasteiger partial charge is 0.326 e. The van der Waals surface area contributed by atoms with Gasteiger partial charge in [-0.1, -0.05) is 32.0 Å². The van der Waals surface area contributed by atoms with Crippen molar-refractivity contribution in [3.63, 3.8) is 0 Å². The van der Waals surface area contributed by atoms with Crippen molar-refractivity contribution >= 4 is 40.6 Å². The third-order valence-electron chi connectivity index (χ3n) is 6.87. The van der Waals surface area contributed by atoms with Crippen LogP contribution in [0.5, 0.6) is 0 Å². The number of carbonyl (C=O) groups excluding carboxylic acids is 3. The molecule has 232 valence electrons. The van der Waals surface area contributed by atoms with Crippen molar-refractivity contribution in [1.29, 1.82) is 0 Å². The van der Waals surface area contributed by atoms with Crippen molar-refractivity contribution < 1.29 is 24.3 Å². The summed E-state index contributed by atoms with van der Waals surface area (Å²) in [7, 11) is 0. The highest BCUT2D eigenvalue weighted by Gasteiger charge is 2.32. The average molecular weight is 597 g/mol. The molecule has 4 atom stereocenters. The molecule has 43 heavy (non-hydrogen) atoms. The molecule has 0 radical (unpaired) electrons. The molecule has 4 unspecified atom stereocenters. The molecule has 15 nitrogen and oxygen atoms in total. The Morgan fingerprint density at radius 3 is 2.35 bits per heavy atom. The van der Waals surface area contributed by atoms with E-state index in [0.717, 1.165) is 16.5 Å². The van der Waals surface area contributed by atoms with Gasteiger partial charge in [-0.25, -0.2) is 9.78 Å². The summed E-state index contributed by atoms with van der Waals surface area (Å²) in [4.78, 5) is 65.3. The Labute approximate surface area is 248 Å². The number of rotatable bonds is 16. The van der Waals surface area contributed by atoms with Gasteiger partial charge in [0.25, 0.3) is 0 Å². The number of carboxylic acid groups (broad SMARTS) is 1. The van der Waals surface area contributed by atoms with Crippen molar-refractivity contribution in [1.82, 2.24) is 30.9 Å². The number of nitrogens with two attached hydrogens (primary N) is 3. The lowest BCUT2D eigenvalue weighted by Gasteiger charge is -2.27. The number of carboxylic acids is 1. The van der Waals surface area contributed by atoms with Crippen LogP contribution in [-0.2, 0) is 32.0 Å². The molecule has 0 fully saturated rings. The van der Waals surface area contributed by atoms with Crippen LogP contribution >= 0.6 is 0 Å². The molecule has 0 aliphatic rings. The Morgan fingerprint density at radius 1 is 0.977 bits per heavy atom. The van der Waals surface area contributed by atoms with Gasteiger partial charge in [0.1, 0.15) is 18.1 Å². The maximum atomic E-state index is 13.5. The van der Waals surface area contributed by atoms with Gasteiger partial charge in [0.05, 0.1) is 12.4 Å². The minimum absolute atomic E-state index is 0.0301. The first-order valence-electron chi connectivity index (χ1n) is 13.9. The molecular weight excluding hydrogens is 556 g/mol. The Balaban J connectivity index is 1.70. The fourth-order valence-corrected chi connectivity index (χ4v) is 4.55. The molecule has 0 bridgehead atoms. The lowest BCUT2D eigenvalue weighted by molar-refractivity contribution is -0.142. The zero-order valence-electron chi connectivity index (χ0n) is 24.2. The van der Waals surface area contributed by atoms with E-state index in [9.17, 15) is 24.3 Å². The Hall–Kier alpha value is -4.92. The quantitative estimate of drug-likeness (QED) is 0.0571. The number of imidazole rings is 1. The molecular formula is C28H40N10O5. The van der Waals surface area contributed by atoms with E-state index in [0.29, 0.717) is 12.1 Å². The number of amides is 3. The van der Waals surface area contributed by atoms with E-state index >= 15 is 0 Å². The topological polar surface area (TPSA) is 259 Å². The number of aliphatic carboxylic acids is 1. The number of H-pyrrole nitrogens is 2. The summed E-state index contributed by atoms with van der Waals surface area (Å²) in [5.74, 6) is -3.63. The number of benzene rings is 1. The first kappa shape index (κ1) is 32.6. The number of nitrogens with zero attached hydrogens (tertiary/aromatic N) is 2. The third-order valence-corrected chi connectivity index (χ3v) is 6.87. The second-order valence-corrected chi connectivity index (χ2v) is 10.6. The Morgan fingerprint density at radius 2 is 1.70 bits per heavy atom. The van der Waals surface area contributed by atoms with E-state index in [-0.39, 0.29) is 31.8 Å². The summed E-state index contributed by atoms with van der Waals surface area (Å²) in [6.07, 6.45) is 5.35. The number of para-hydroxylation sites is 1. The van der Waals surface area contributed by atoms with E-state index in [2.05, 4.69) is 35.9 Å². The van der Waals surface area contributed by atoms with Gasteiger partial charge in [-0.2, -0.15) is 0 Å². The number of nitrogens with one attached hydrogen (secondary N) is 5. The van der Waals surface area contributed by atoms with Crippen molar-refractivity contribution in [2.45, 2.75) is 63.7 Å². The van der Waals surface area contributed by atoms with Gasteiger partial charge in [-0.3, -0.25) is 19.4 Å². The number of carbonyl (C=O) groups is 4. The van der Waals surface area contributed by atoms with E-state index < -0.39 is 53.8 Å². The highest BCUT2D eigenvalue weighted by Crippen LogP contribution is 2.19. The fourth-order valence-electron chi connectivity index (χ4n) is 4.55. The minimum Gasteiger partial charge on any atom is -0.480 e. The number of hydrogen-bond donors (Lipinski definition) is 9. The van der Waals surface area contributed by atoms with Gasteiger partial charge >= 0.3 is 5.97 Å². The summed E-state index contributed by atoms with van der Waals surface area (Å²) < 4.78 is 0. The summed E-state index contributed by atoms with van der Waals surface area (Å²) in [6, 6.07) is 3.24.